The maximum Gasteiger partial charge on any atom is 0.320 e. The van der Waals surface area contributed by atoms with Crippen molar-refractivity contribution in [3.8, 4) is 0 Å². The van der Waals surface area contributed by atoms with Gasteiger partial charge in [0, 0.05) is 18.2 Å². The molecule has 1 aromatic carbocycles. The zero-order valence-corrected chi connectivity index (χ0v) is 10.2. The predicted octanol–water partition coefficient (Wildman–Crippen LogP) is 1.34. The molecular formula is C12H13N3O4. The van der Waals surface area contributed by atoms with Gasteiger partial charge in [0.05, 0.1) is 15.8 Å². The zero-order chi connectivity index (χ0) is 14.2. The van der Waals surface area contributed by atoms with E-state index in [9.17, 15) is 14.9 Å². The van der Waals surface area contributed by atoms with E-state index in [0.717, 1.165) is 0 Å². The number of aromatic amines is 1. The smallest absolute Gasteiger partial charge is 0.320 e. The Kier molecular flexibility index (Phi) is 3.22. The van der Waals surface area contributed by atoms with Gasteiger partial charge in [-0.2, -0.15) is 0 Å². The number of benzene rings is 1. The third-order valence-corrected chi connectivity index (χ3v) is 3.04. The molecule has 1 aromatic heterocycles. The Morgan fingerprint density at radius 2 is 2.26 bits per heavy atom. The molecule has 0 amide bonds. The van der Waals surface area contributed by atoms with Gasteiger partial charge >= 0.3 is 5.97 Å². The molecular weight excluding hydrogens is 250 g/mol. The summed E-state index contributed by atoms with van der Waals surface area (Å²) in [5.41, 5.74) is 7.15. The summed E-state index contributed by atoms with van der Waals surface area (Å²) in [5, 5.41) is 20.4. The molecule has 1 heterocycles. The molecule has 0 radical (unpaired) electrons. The second kappa shape index (κ2) is 4.69. The molecule has 0 aliphatic heterocycles. The molecule has 1 atom stereocenters. The Labute approximate surface area is 108 Å². The maximum absolute atomic E-state index is 11.1. The lowest BCUT2D eigenvalue weighted by Crippen LogP contribution is -2.32. The second-order valence-electron chi connectivity index (χ2n) is 4.37. The molecule has 0 saturated heterocycles. The fourth-order valence-corrected chi connectivity index (χ4v) is 2.10. The SMILES string of the molecule is Cc1ccc2[nH]cc(C[C@H](N)C(=O)O)c2c1[N+](=O)[O-]. The van der Waals surface area contributed by atoms with Gasteiger partial charge in [0.1, 0.15) is 6.04 Å². The maximum atomic E-state index is 11.1. The first-order valence-electron chi connectivity index (χ1n) is 5.64. The van der Waals surface area contributed by atoms with Gasteiger partial charge < -0.3 is 15.8 Å². The van der Waals surface area contributed by atoms with Crippen molar-refractivity contribution in [3.05, 3.63) is 39.6 Å². The molecule has 0 unspecified atom stereocenters. The lowest BCUT2D eigenvalue weighted by atomic mass is 10.0. The minimum absolute atomic E-state index is 0.00802. The van der Waals surface area contributed by atoms with Crippen molar-refractivity contribution in [2.45, 2.75) is 19.4 Å². The summed E-state index contributed by atoms with van der Waals surface area (Å²) in [7, 11) is 0. The number of aryl methyl sites for hydroxylation is 1. The Morgan fingerprint density at radius 3 is 2.84 bits per heavy atom. The number of hydrogen-bond acceptors (Lipinski definition) is 4. The summed E-state index contributed by atoms with van der Waals surface area (Å²) < 4.78 is 0. The van der Waals surface area contributed by atoms with Crippen LogP contribution in [0.3, 0.4) is 0 Å². The number of nitrogens with one attached hydrogen (secondary N) is 1. The molecule has 4 N–H and O–H groups in total. The van der Waals surface area contributed by atoms with Crippen LogP contribution in [0.4, 0.5) is 5.69 Å². The van der Waals surface area contributed by atoms with E-state index in [-0.39, 0.29) is 12.1 Å². The summed E-state index contributed by atoms with van der Waals surface area (Å²) in [4.78, 5) is 24.4. The quantitative estimate of drug-likeness (QED) is 0.567. The fraction of sp³-hybridized carbons (Fsp3) is 0.250. The van der Waals surface area contributed by atoms with Crippen molar-refractivity contribution >= 4 is 22.6 Å². The molecule has 0 aliphatic carbocycles. The summed E-state index contributed by atoms with van der Waals surface area (Å²) in [6, 6.07) is 2.30. The average molecular weight is 263 g/mol. The number of rotatable bonds is 4. The lowest BCUT2D eigenvalue weighted by molar-refractivity contribution is -0.383. The number of carboxylic acid groups (broad SMARTS) is 1. The number of nitrogens with two attached hydrogens (primary N) is 1. The number of fused-ring (bicyclic) bond motifs is 1. The number of H-pyrrole nitrogens is 1. The van der Waals surface area contributed by atoms with E-state index < -0.39 is 16.9 Å². The minimum atomic E-state index is -1.13. The number of carbonyl (C=O) groups is 1. The van der Waals surface area contributed by atoms with Gasteiger partial charge in [-0.25, -0.2) is 0 Å². The van der Waals surface area contributed by atoms with E-state index >= 15 is 0 Å². The first kappa shape index (κ1) is 13.0. The number of hydrogen-bond donors (Lipinski definition) is 3. The van der Waals surface area contributed by atoms with Crippen LogP contribution in [0, 0.1) is 17.0 Å². The summed E-state index contributed by atoms with van der Waals surface area (Å²) in [6.45, 7) is 1.64. The summed E-state index contributed by atoms with van der Waals surface area (Å²) >= 11 is 0. The molecule has 0 aliphatic rings. The van der Waals surface area contributed by atoms with E-state index in [0.29, 0.717) is 22.0 Å². The van der Waals surface area contributed by atoms with Crippen LogP contribution in [0.5, 0.6) is 0 Å². The molecule has 100 valence electrons. The van der Waals surface area contributed by atoms with Crippen LogP contribution in [0.2, 0.25) is 0 Å². The number of nitro benzene ring substituents is 1. The molecule has 0 fully saturated rings. The van der Waals surface area contributed by atoms with Gasteiger partial charge in [0.25, 0.3) is 5.69 Å². The molecule has 2 rings (SSSR count). The van der Waals surface area contributed by atoms with Crippen LogP contribution < -0.4 is 5.73 Å². The molecule has 2 aromatic rings. The second-order valence-corrected chi connectivity index (χ2v) is 4.37. The Bertz CT molecular complexity index is 662. The number of aliphatic carboxylic acids is 1. The molecule has 0 saturated carbocycles. The van der Waals surface area contributed by atoms with Gasteiger partial charge in [-0.1, -0.05) is 6.07 Å². The summed E-state index contributed by atoms with van der Waals surface area (Å²) in [5.74, 6) is -1.13. The number of carboxylic acids is 1. The average Bonchev–Trinajstić information content (AvgIpc) is 2.71. The highest BCUT2D eigenvalue weighted by atomic mass is 16.6. The van der Waals surface area contributed by atoms with Gasteiger partial charge in [-0.3, -0.25) is 14.9 Å². The lowest BCUT2D eigenvalue weighted by Gasteiger charge is -2.06. The van der Waals surface area contributed by atoms with E-state index in [1.165, 1.54) is 0 Å². The highest BCUT2D eigenvalue weighted by Crippen LogP contribution is 2.32. The van der Waals surface area contributed by atoms with Crippen LogP contribution in [0.1, 0.15) is 11.1 Å². The Balaban J connectivity index is 2.60. The fourth-order valence-electron chi connectivity index (χ4n) is 2.10. The Hall–Kier alpha value is -2.41. The van der Waals surface area contributed by atoms with Crippen LogP contribution in [-0.4, -0.2) is 27.0 Å². The van der Waals surface area contributed by atoms with Crippen molar-refractivity contribution < 1.29 is 14.8 Å². The van der Waals surface area contributed by atoms with Crippen LogP contribution in [0.15, 0.2) is 18.3 Å². The van der Waals surface area contributed by atoms with Crippen molar-refractivity contribution in [3.63, 3.8) is 0 Å². The van der Waals surface area contributed by atoms with Crippen molar-refractivity contribution in [1.82, 2.24) is 4.98 Å². The van der Waals surface area contributed by atoms with E-state index in [1.807, 2.05) is 0 Å². The van der Waals surface area contributed by atoms with Crippen LogP contribution >= 0.6 is 0 Å². The van der Waals surface area contributed by atoms with E-state index in [1.54, 1.807) is 25.3 Å². The monoisotopic (exact) mass is 263 g/mol. The highest BCUT2D eigenvalue weighted by molar-refractivity contribution is 5.93. The van der Waals surface area contributed by atoms with Crippen LogP contribution in [0.25, 0.3) is 10.9 Å². The molecule has 7 heteroatoms. The van der Waals surface area contributed by atoms with Crippen LogP contribution in [-0.2, 0) is 11.2 Å². The normalized spacial score (nSPS) is 12.5. The number of aromatic nitrogens is 1. The Morgan fingerprint density at radius 1 is 1.58 bits per heavy atom. The summed E-state index contributed by atoms with van der Waals surface area (Å²) in [6.07, 6.45) is 1.61. The first-order valence-corrected chi connectivity index (χ1v) is 5.64. The van der Waals surface area contributed by atoms with Gasteiger partial charge in [0.2, 0.25) is 0 Å². The number of nitro groups is 1. The van der Waals surface area contributed by atoms with E-state index in [4.69, 9.17) is 10.8 Å². The molecule has 19 heavy (non-hydrogen) atoms. The third-order valence-electron chi connectivity index (χ3n) is 3.04. The van der Waals surface area contributed by atoms with E-state index in [2.05, 4.69) is 4.98 Å². The van der Waals surface area contributed by atoms with Crippen molar-refractivity contribution in [2.24, 2.45) is 5.73 Å². The first-order chi connectivity index (χ1) is 8.91. The largest absolute Gasteiger partial charge is 0.480 e. The topological polar surface area (TPSA) is 122 Å². The standard InChI is InChI=1S/C12H13N3O4/c1-6-2-3-9-10(11(6)15(18)19)7(5-14-9)4-8(13)12(16)17/h2-3,5,8,14H,4,13H2,1H3,(H,16,17)/t8-/m0/s1. The van der Waals surface area contributed by atoms with Gasteiger partial charge in [-0.15, -0.1) is 0 Å². The van der Waals surface area contributed by atoms with Gasteiger partial charge in [0.15, 0.2) is 0 Å². The third kappa shape index (κ3) is 2.27. The zero-order valence-electron chi connectivity index (χ0n) is 10.2. The molecule has 0 bridgehead atoms. The predicted molar refractivity (Wildman–Crippen MR) is 69.0 cm³/mol. The van der Waals surface area contributed by atoms with Gasteiger partial charge in [-0.05, 0) is 18.6 Å². The minimum Gasteiger partial charge on any atom is -0.480 e. The van der Waals surface area contributed by atoms with Crippen molar-refractivity contribution in [1.29, 1.82) is 0 Å². The highest BCUT2D eigenvalue weighted by Gasteiger charge is 2.22. The molecule has 7 nitrogen and oxygen atoms in total. The van der Waals surface area contributed by atoms with Crippen molar-refractivity contribution in [2.75, 3.05) is 0 Å². The molecule has 0 spiro atoms. The number of nitrogens with zero attached hydrogens (tertiary/aromatic N) is 1.